The van der Waals surface area contributed by atoms with Crippen molar-refractivity contribution < 1.29 is 0 Å². The monoisotopic (exact) mass is 362 g/mol. The molecule has 2 nitrogen and oxygen atoms in total. The summed E-state index contributed by atoms with van der Waals surface area (Å²) < 4.78 is 0.987. The number of para-hydroxylation sites is 1. The molecule has 0 aromatic heterocycles. The summed E-state index contributed by atoms with van der Waals surface area (Å²) in [6.45, 7) is 0. The zero-order valence-corrected chi connectivity index (χ0v) is 14.0. The van der Waals surface area contributed by atoms with Gasteiger partial charge in [-0.2, -0.15) is 5.26 Å². The Bertz CT molecular complexity index is 810. The molecule has 3 aromatic rings. The van der Waals surface area contributed by atoms with Crippen molar-refractivity contribution in [3.8, 4) is 6.07 Å². The Balaban J connectivity index is 2.14. The minimum atomic E-state index is -0.395. The van der Waals surface area contributed by atoms with E-state index >= 15 is 0 Å². The van der Waals surface area contributed by atoms with Crippen molar-refractivity contribution in [2.75, 3.05) is 4.90 Å². The van der Waals surface area contributed by atoms with Crippen LogP contribution in [0.2, 0.25) is 0 Å². The SMILES string of the molecule is N#CC(c1ccccc1)N(c1ccccc1)c1cccc(Br)c1. The highest BCUT2D eigenvalue weighted by molar-refractivity contribution is 9.10. The van der Waals surface area contributed by atoms with Crippen LogP contribution in [-0.4, -0.2) is 0 Å². The number of hydrogen-bond donors (Lipinski definition) is 0. The van der Waals surface area contributed by atoms with Gasteiger partial charge >= 0.3 is 0 Å². The van der Waals surface area contributed by atoms with Crippen LogP contribution in [0.1, 0.15) is 11.6 Å². The van der Waals surface area contributed by atoms with Gasteiger partial charge in [0.2, 0.25) is 0 Å². The highest BCUT2D eigenvalue weighted by Crippen LogP contribution is 2.35. The molecule has 3 heteroatoms. The van der Waals surface area contributed by atoms with Gasteiger partial charge < -0.3 is 4.90 Å². The number of hydrogen-bond acceptors (Lipinski definition) is 2. The fourth-order valence-electron chi connectivity index (χ4n) is 2.58. The molecule has 23 heavy (non-hydrogen) atoms. The van der Waals surface area contributed by atoms with Gasteiger partial charge in [-0.05, 0) is 35.9 Å². The van der Waals surface area contributed by atoms with Gasteiger partial charge in [-0.25, -0.2) is 0 Å². The minimum Gasteiger partial charge on any atom is -0.321 e. The summed E-state index contributed by atoms with van der Waals surface area (Å²) in [5.74, 6) is 0. The van der Waals surface area contributed by atoms with E-state index in [1.54, 1.807) is 0 Å². The van der Waals surface area contributed by atoms with E-state index in [0.29, 0.717) is 0 Å². The second kappa shape index (κ2) is 7.13. The van der Waals surface area contributed by atoms with Crippen molar-refractivity contribution >= 4 is 27.3 Å². The van der Waals surface area contributed by atoms with Crippen molar-refractivity contribution in [2.45, 2.75) is 6.04 Å². The van der Waals surface area contributed by atoms with E-state index in [1.165, 1.54) is 0 Å². The summed E-state index contributed by atoms with van der Waals surface area (Å²) in [7, 11) is 0. The molecule has 0 saturated carbocycles. The predicted molar refractivity (Wildman–Crippen MR) is 97.5 cm³/mol. The van der Waals surface area contributed by atoms with Gasteiger partial charge in [0.05, 0.1) is 6.07 Å². The van der Waals surface area contributed by atoms with Crippen molar-refractivity contribution in [3.63, 3.8) is 0 Å². The molecule has 0 aliphatic carbocycles. The van der Waals surface area contributed by atoms with Gasteiger partial charge in [-0.1, -0.05) is 70.5 Å². The summed E-state index contributed by atoms with van der Waals surface area (Å²) >= 11 is 3.52. The second-order valence-corrected chi connectivity index (χ2v) is 6.04. The Morgan fingerprint density at radius 2 is 1.39 bits per heavy atom. The van der Waals surface area contributed by atoms with Gasteiger partial charge in [0, 0.05) is 15.8 Å². The van der Waals surface area contributed by atoms with Crippen LogP contribution in [-0.2, 0) is 0 Å². The molecule has 0 bridgehead atoms. The van der Waals surface area contributed by atoms with Crippen molar-refractivity contribution in [3.05, 3.63) is 95.0 Å². The summed E-state index contributed by atoms with van der Waals surface area (Å²) in [5, 5.41) is 9.84. The molecule has 1 atom stereocenters. The molecule has 0 radical (unpaired) electrons. The highest BCUT2D eigenvalue weighted by atomic mass is 79.9. The Labute approximate surface area is 144 Å². The van der Waals surface area contributed by atoms with Crippen LogP contribution < -0.4 is 4.90 Å². The standard InChI is InChI=1S/C20H15BrN2/c21-17-10-7-13-19(14-17)23(18-11-5-2-6-12-18)20(15-22)16-8-3-1-4-9-16/h1-14,20H. The number of anilines is 2. The van der Waals surface area contributed by atoms with E-state index in [2.05, 4.69) is 26.9 Å². The van der Waals surface area contributed by atoms with Crippen LogP contribution >= 0.6 is 15.9 Å². The van der Waals surface area contributed by atoms with Crippen LogP contribution in [0.4, 0.5) is 11.4 Å². The smallest absolute Gasteiger partial charge is 0.146 e. The van der Waals surface area contributed by atoms with Gasteiger partial charge in [0.15, 0.2) is 0 Å². The predicted octanol–water partition coefficient (Wildman–Crippen LogP) is 5.85. The maximum absolute atomic E-state index is 9.84. The normalized spacial score (nSPS) is 11.5. The second-order valence-electron chi connectivity index (χ2n) is 5.13. The lowest BCUT2D eigenvalue weighted by Crippen LogP contribution is -2.22. The molecule has 0 N–H and O–H groups in total. The molecule has 0 saturated heterocycles. The molecule has 0 heterocycles. The molecule has 0 amide bonds. The average Bonchev–Trinajstić information content (AvgIpc) is 2.61. The molecule has 3 aromatic carbocycles. The third kappa shape index (κ3) is 3.44. The van der Waals surface area contributed by atoms with E-state index in [0.717, 1.165) is 21.4 Å². The molecule has 1 unspecified atom stereocenters. The maximum atomic E-state index is 9.84. The number of benzene rings is 3. The lowest BCUT2D eigenvalue weighted by Gasteiger charge is -2.30. The van der Waals surface area contributed by atoms with Crippen LogP contribution in [0.25, 0.3) is 0 Å². The van der Waals surface area contributed by atoms with Gasteiger partial charge in [0.1, 0.15) is 6.04 Å². The van der Waals surface area contributed by atoms with Crippen LogP contribution in [0.15, 0.2) is 89.4 Å². The Kier molecular flexibility index (Phi) is 4.75. The van der Waals surface area contributed by atoms with E-state index in [-0.39, 0.29) is 0 Å². The minimum absolute atomic E-state index is 0.395. The average molecular weight is 363 g/mol. The van der Waals surface area contributed by atoms with Crippen molar-refractivity contribution in [1.29, 1.82) is 5.26 Å². The summed E-state index contributed by atoms with van der Waals surface area (Å²) in [4.78, 5) is 2.06. The van der Waals surface area contributed by atoms with Gasteiger partial charge in [0.25, 0.3) is 0 Å². The lowest BCUT2D eigenvalue weighted by atomic mass is 10.0. The molecular weight excluding hydrogens is 348 g/mol. The molecule has 0 fully saturated rings. The van der Waals surface area contributed by atoms with Crippen LogP contribution in [0, 0.1) is 11.3 Å². The van der Waals surface area contributed by atoms with E-state index in [4.69, 9.17) is 0 Å². The number of nitrogens with zero attached hydrogens (tertiary/aromatic N) is 2. The lowest BCUT2D eigenvalue weighted by molar-refractivity contribution is 0.864. The first-order valence-electron chi connectivity index (χ1n) is 7.34. The quantitative estimate of drug-likeness (QED) is 0.581. The fraction of sp³-hybridized carbons (Fsp3) is 0.0500. The first-order chi connectivity index (χ1) is 11.3. The molecular formula is C20H15BrN2. The summed E-state index contributed by atoms with van der Waals surface area (Å²) in [5.41, 5.74) is 2.93. The maximum Gasteiger partial charge on any atom is 0.146 e. The first-order valence-corrected chi connectivity index (χ1v) is 8.13. The van der Waals surface area contributed by atoms with Crippen molar-refractivity contribution in [1.82, 2.24) is 0 Å². The molecule has 0 spiro atoms. The largest absolute Gasteiger partial charge is 0.321 e. The van der Waals surface area contributed by atoms with Crippen LogP contribution in [0.3, 0.4) is 0 Å². The van der Waals surface area contributed by atoms with Crippen LogP contribution in [0.5, 0.6) is 0 Å². The fourth-order valence-corrected chi connectivity index (χ4v) is 2.97. The zero-order valence-electron chi connectivity index (χ0n) is 12.4. The Hall–Kier alpha value is -2.57. The topological polar surface area (TPSA) is 27.0 Å². The first kappa shape index (κ1) is 15.3. The molecule has 0 aliphatic rings. The summed E-state index contributed by atoms with van der Waals surface area (Å²) in [6, 6.07) is 29.9. The molecule has 3 rings (SSSR count). The highest BCUT2D eigenvalue weighted by Gasteiger charge is 2.22. The Morgan fingerprint density at radius 3 is 2.00 bits per heavy atom. The third-order valence-electron chi connectivity index (χ3n) is 3.62. The third-order valence-corrected chi connectivity index (χ3v) is 4.11. The van der Waals surface area contributed by atoms with Crippen molar-refractivity contribution in [2.24, 2.45) is 0 Å². The molecule has 112 valence electrons. The summed E-state index contributed by atoms with van der Waals surface area (Å²) in [6.07, 6.45) is 0. The number of rotatable bonds is 4. The number of halogens is 1. The van der Waals surface area contributed by atoms with E-state index in [1.807, 2.05) is 84.9 Å². The number of nitriles is 1. The zero-order chi connectivity index (χ0) is 16.1. The molecule has 0 aliphatic heterocycles. The van der Waals surface area contributed by atoms with E-state index in [9.17, 15) is 5.26 Å². The van der Waals surface area contributed by atoms with Gasteiger partial charge in [-0.15, -0.1) is 0 Å². The van der Waals surface area contributed by atoms with E-state index < -0.39 is 6.04 Å². The van der Waals surface area contributed by atoms with Gasteiger partial charge in [-0.3, -0.25) is 0 Å². The Morgan fingerprint density at radius 1 is 0.783 bits per heavy atom.